The largest absolute Gasteiger partial charge is 0.344 e. The van der Waals surface area contributed by atoms with Gasteiger partial charge in [-0.25, -0.2) is 0 Å². The number of nitrogens with zero attached hydrogens (tertiary/aromatic N) is 2. The predicted octanol–water partition coefficient (Wildman–Crippen LogP) is 5.23. The van der Waals surface area contributed by atoms with Crippen molar-refractivity contribution < 1.29 is 9.32 Å². The van der Waals surface area contributed by atoms with Gasteiger partial charge in [0.15, 0.2) is 0 Å². The van der Waals surface area contributed by atoms with Crippen LogP contribution in [0, 0.1) is 5.41 Å². The molecule has 1 aromatic heterocycles. The van der Waals surface area contributed by atoms with E-state index in [0.717, 1.165) is 11.1 Å². The third-order valence-corrected chi connectivity index (χ3v) is 4.37. The molecule has 0 saturated heterocycles. The molecular formula is C22H24ClN3O2. The first kappa shape index (κ1) is 20.1. The van der Waals surface area contributed by atoms with E-state index in [2.05, 4.69) is 15.5 Å². The predicted molar refractivity (Wildman–Crippen MR) is 110 cm³/mol. The van der Waals surface area contributed by atoms with E-state index in [1.54, 1.807) is 12.1 Å². The molecule has 6 heteroatoms. The first-order chi connectivity index (χ1) is 13.3. The number of amides is 1. The van der Waals surface area contributed by atoms with Gasteiger partial charge < -0.3 is 9.84 Å². The van der Waals surface area contributed by atoms with E-state index >= 15 is 0 Å². The molecular weight excluding hydrogens is 374 g/mol. The van der Waals surface area contributed by atoms with Gasteiger partial charge in [0.1, 0.15) is 6.04 Å². The van der Waals surface area contributed by atoms with Gasteiger partial charge >= 0.3 is 0 Å². The van der Waals surface area contributed by atoms with Crippen LogP contribution in [-0.4, -0.2) is 16.0 Å². The second-order valence-corrected chi connectivity index (χ2v) is 8.45. The van der Waals surface area contributed by atoms with Gasteiger partial charge in [0, 0.05) is 23.4 Å². The molecule has 1 N–H and O–H groups in total. The smallest absolute Gasteiger partial charge is 0.249 e. The molecule has 5 nitrogen and oxygen atoms in total. The maximum Gasteiger partial charge on any atom is 0.249 e. The summed E-state index contributed by atoms with van der Waals surface area (Å²) in [6.45, 7) is 6.09. The van der Waals surface area contributed by atoms with E-state index in [1.807, 2.05) is 63.2 Å². The molecule has 0 spiro atoms. The number of carbonyl (C=O) groups excluding carboxylic acids is 1. The van der Waals surface area contributed by atoms with E-state index in [1.165, 1.54) is 0 Å². The van der Waals surface area contributed by atoms with Gasteiger partial charge in [-0.1, -0.05) is 80.0 Å². The number of nitrogens with one attached hydrogen (secondary N) is 1. The molecule has 28 heavy (non-hydrogen) atoms. The zero-order valence-corrected chi connectivity index (χ0v) is 17.0. The van der Waals surface area contributed by atoms with Crippen molar-refractivity contribution >= 4 is 17.5 Å². The lowest BCUT2D eigenvalue weighted by Gasteiger charge is -2.20. The van der Waals surface area contributed by atoms with Crippen LogP contribution in [-0.2, 0) is 11.2 Å². The quantitative estimate of drug-likeness (QED) is 0.618. The molecule has 0 saturated carbocycles. The van der Waals surface area contributed by atoms with Gasteiger partial charge in [-0.15, -0.1) is 0 Å². The molecule has 0 aliphatic rings. The molecule has 1 heterocycles. The third kappa shape index (κ3) is 5.67. The highest BCUT2D eigenvalue weighted by Gasteiger charge is 2.24. The van der Waals surface area contributed by atoms with Crippen LogP contribution in [0.4, 0.5) is 0 Å². The molecule has 3 aromatic rings. The van der Waals surface area contributed by atoms with Crippen molar-refractivity contribution in [1.82, 2.24) is 15.5 Å². The van der Waals surface area contributed by atoms with Crippen molar-refractivity contribution in [3.8, 4) is 11.4 Å². The summed E-state index contributed by atoms with van der Waals surface area (Å²) in [4.78, 5) is 17.1. The van der Waals surface area contributed by atoms with Crippen LogP contribution in [0.2, 0.25) is 5.02 Å². The van der Waals surface area contributed by atoms with Crippen molar-refractivity contribution in [2.24, 2.45) is 5.41 Å². The number of rotatable bonds is 6. The van der Waals surface area contributed by atoms with Crippen LogP contribution in [0.1, 0.15) is 44.7 Å². The van der Waals surface area contributed by atoms with E-state index < -0.39 is 6.04 Å². The molecule has 1 unspecified atom stereocenters. The Balaban J connectivity index is 1.85. The Kier molecular flexibility index (Phi) is 6.15. The lowest BCUT2D eigenvalue weighted by Crippen LogP contribution is -2.32. The number of hydrogen-bond acceptors (Lipinski definition) is 4. The standard InChI is InChI=1S/C22H24ClN3O2/c1-22(2,3)14-19(27)24-18(12-15-8-5-4-6-9-15)21-25-20(26-28-21)16-10-7-11-17(23)13-16/h4-11,13,18H,12,14H2,1-3H3,(H,24,27). The maximum atomic E-state index is 12.5. The maximum absolute atomic E-state index is 12.5. The Hall–Kier alpha value is -2.66. The number of hydrogen-bond donors (Lipinski definition) is 1. The van der Waals surface area contributed by atoms with Crippen LogP contribution >= 0.6 is 11.6 Å². The number of aromatic nitrogens is 2. The second-order valence-electron chi connectivity index (χ2n) is 8.01. The van der Waals surface area contributed by atoms with Gasteiger partial charge in [0.2, 0.25) is 17.6 Å². The van der Waals surface area contributed by atoms with Crippen LogP contribution in [0.3, 0.4) is 0 Å². The zero-order chi connectivity index (χ0) is 20.1. The van der Waals surface area contributed by atoms with E-state index in [0.29, 0.717) is 29.6 Å². The van der Waals surface area contributed by atoms with Gasteiger partial charge in [0.25, 0.3) is 0 Å². The Morgan fingerprint density at radius 2 is 1.89 bits per heavy atom. The summed E-state index contributed by atoms with van der Waals surface area (Å²) < 4.78 is 5.51. The van der Waals surface area contributed by atoms with Gasteiger partial charge in [0.05, 0.1) is 0 Å². The van der Waals surface area contributed by atoms with Crippen LogP contribution in [0.15, 0.2) is 59.1 Å². The summed E-state index contributed by atoms with van der Waals surface area (Å²) >= 11 is 6.06. The Bertz CT molecular complexity index is 932. The van der Waals surface area contributed by atoms with E-state index in [9.17, 15) is 4.79 Å². The Morgan fingerprint density at radius 1 is 1.14 bits per heavy atom. The fourth-order valence-corrected chi connectivity index (χ4v) is 3.09. The highest BCUT2D eigenvalue weighted by molar-refractivity contribution is 6.30. The number of benzene rings is 2. The average Bonchev–Trinajstić information content (AvgIpc) is 3.10. The number of carbonyl (C=O) groups is 1. The van der Waals surface area contributed by atoms with Crippen molar-refractivity contribution in [3.05, 3.63) is 71.1 Å². The topological polar surface area (TPSA) is 68.0 Å². The molecule has 0 bridgehead atoms. The first-order valence-electron chi connectivity index (χ1n) is 9.23. The summed E-state index contributed by atoms with van der Waals surface area (Å²) in [5.41, 5.74) is 1.73. The molecule has 0 aliphatic heterocycles. The van der Waals surface area contributed by atoms with E-state index in [4.69, 9.17) is 16.1 Å². The van der Waals surface area contributed by atoms with Crippen molar-refractivity contribution in [2.75, 3.05) is 0 Å². The number of halogens is 1. The van der Waals surface area contributed by atoms with Crippen LogP contribution in [0.5, 0.6) is 0 Å². The lowest BCUT2D eigenvalue weighted by atomic mass is 9.91. The van der Waals surface area contributed by atoms with Gasteiger partial charge in [-0.2, -0.15) is 4.98 Å². The molecule has 1 atom stereocenters. The summed E-state index contributed by atoms with van der Waals surface area (Å²) in [6, 6.07) is 16.8. The minimum atomic E-state index is -0.405. The summed E-state index contributed by atoms with van der Waals surface area (Å²) in [5, 5.41) is 7.73. The van der Waals surface area contributed by atoms with E-state index in [-0.39, 0.29) is 11.3 Å². The minimum Gasteiger partial charge on any atom is -0.344 e. The second kappa shape index (κ2) is 8.57. The molecule has 3 rings (SSSR count). The molecule has 146 valence electrons. The average molecular weight is 398 g/mol. The zero-order valence-electron chi connectivity index (χ0n) is 16.3. The van der Waals surface area contributed by atoms with Crippen molar-refractivity contribution in [1.29, 1.82) is 0 Å². The molecule has 0 fully saturated rings. The third-order valence-electron chi connectivity index (χ3n) is 4.13. The molecule has 2 aromatic carbocycles. The Labute approximate surface area is 170 Å². The van der Waals surface area contributed by atoms with Crippen LogP contribution < -0.4 is 5.32 Å². The molecule has 1 amide bonds. The van der Waals surface area contributed by atoms with Gasteiger partial charge in [-0.05, 0) is 23.1 Å². The van der Waals surface area contributed by atoms with Crippen molar-refractivity contribution in [2.45, 2.75) is 39.7 Å². The summed E-state index contributed by atoms with van der Waals surface area (Å²) in [7, 11) is 0. The van der Waals surface area contributed by atoms with Crippen LogP contribution in [0.25, 0.3) is 11.4 Å². The molecule has 0 aliphatic carbocycles. The summed E-state index contributed by atoms with van der Waals surface area (Å²) in [6.07, 6.45) is 0.974. The van der Waals surface area contributed by atoms with Gasteiger partial charge in [-0.3, -0.25) is 4.79 Å². The SMILES string of the molecule is CC(C)(C)CC(=O)NC(Cc1ccccc1)c1nc(-c2cccc(Cl)c2)no1. The lowest BCUT2D eigenvalue weighted by molar-refractivity contribution is -0.123. The Morgan fingerprint density at radius 3 is 2.57 bits per heavy atom. The fraction of sp³-hybridized carbons (Fsp3) is 0.318. The summed E-state index contributed by atoms with van der Waals surface area (Å²) in [5.74, 6) is 0.776. The highest BCUT2D eigenvalue weighted by atomic mass is 35.5. The highest BCUT2D eigenvalue weighted by Crippen LogP contribution is 2.25. The minimum absolute atomic E-state index is 0.0454. The normalized spacial score (nSPS) is 12.6. The monoisotopic (exact) mass is 397 g/mol. The van der Waals surface area contributed by atoms with Crippen molar-refractivity contribution in [3.63, 3.8) is 0 Å². The molecule has 0 radical (unpaired) electrons. The first-order valence-corrected chi connectivity index (χ1v) is 9.61. The fourth-order valence-electron chi connectivity index (χ4n) is 2.90.